The molecule has 112 valence electrons. The van der Waals surface area contributed by atoms with Crippen LogP contribution in [0.25, 0.3) is 11.0 Å². The Kier molecular flexibility index (Phi) is 3.38. The van der Waals surface area contributed by atoms with Crippen molar-refractivity contribution in [3.63, 3.8) is 0 Å². The highest BCUT2D eigenvalue weighted by Crippen LogP contribution is 2.27. The molecule has 0 unspecified atom stereocenters. The summed E-state index contributed by atoms with van der Waals surface area (Å²) < 4.78 is 1.59. The number of amides is 2. The maximum absolute atomic E-state index is 12.4. The minimum atomic E-state index is -0.564. The van der Waals surface area contributed by atoms with E-state index in [-0.39, 0.29) is 5.91 Å². The van der Waals surface area contributed by atoms with Crippen LogP contribution in [0.3, 0.4) is 0 Å². The number of aromatic nitrogens is 3. The summed E-state index contributed by atoms with van der Waals surface area (Å²) in [5.74, 6) is -0.876. The van der Waals surface area contributed by atoms with Gasteiger partial charge in [-0.15, -0.1) is 16.4 Å². The number of nitrogens with zero attached hydrogens (tertiary/aromatic N) is 3. The van der Waals surface area contributed by atoms with Crippen molar-refractivity contribution in [3.05, 3.63) is 40.3 Å². The third-order valence-electron chi connectivity index (χ3n) is 3.22. The molecule has 0 bridgehead atoms. The van der Waals surface area contributed by atoms with Crippen LogP contribution in [-0.4, -0.2) is 26.8 Å². The van der Waals surface area contributed by atoms with Gasteiger partial charge in [0.05, 0.1) is 11.1 Å². The molecule has 2 aromatic heterocycles. The Bertz CT molecular complexity index is 896. The molecule has 7 nitrogen and oxygen atoms in total. The standard InChI is InChI=1S/C14H13N5O2S/c1-7-5-9(12(15)20)14(22-7)16-13(21)8-3-4-10-11(6-8)19(2)18-17-10/h3-6H,1-2H3,(H2,15,20)(H,16,21). The first-order valence-electron chi connectivity index (χ1n) is 6.46. The number of nitrogens with one attached hydrogen (secondary N) is 1. The van der Waals surface area contributed by atoms with E-state index in [1.165, 1.54) is 11.3 Å². The van der Waals surface area contributed by atoms with Gasteiger partial charge in [-0.25, -0.2) is 4.68 Å². The van der Waals surface area contributed by atoms with Crippen LogP contribution < -0.4 is 11.1 Å². The molecule has 2 amide bonds. The summed E-state index contributed by atoms with van der Waals surface area (Å²) in [6, 6.07) is 6.76. The lowest BCUT2D eigenvalue weighted by atomic mass is 10.2. The van der Waals surface area contributed by atoms with Gasteiger partial charge in [0.2, 0.25) is 0 Å². The molecule has 0 aliphatic heterocycles. The Labute approximate surface area is 129 Å². The Morgan fingerprint density at radius 3 is 2.82 bits per heavy atom. The Morgan fingerprint density at radius 2 is 2.09 bits per heavy atom. The van der Waals surface area contributed by atoms with Crippen LogP contribution in [0.1, 0.15) is 25.6 Å². The van der Waals surface area contributed by atoms with E-state index < -0.39 is 5.91 Å². The Hall–Kier alpha value is -2.74. The van der Waals surface area contributed by atoms with Crippen molar-refractivity contribution in [2.45, 2.75) is 6.92 Å². The molecule has 0 atom stereocenters. The molecule has 22 heavy (non-hydrogen) atoms. The molecular weight excluding hydrogens is 302 g/mol. The predicted octanol–water partition coefficient (Wildman–Crippen LogP) is 1.69. The second-order valence-electron chi connectivity index (χ2n) is 4.83. The van der Waals surface area contributed by atoms with Crippen LogP contribution in [0, 0.1) is 6.92 Å². The molecule has 8 heteroatoms. The molecule has 3 N–H and O–H groups in total. The minimum absolute atomic E-state index is 0.313. The minimum Gasteiger partial charge on any atom is -0.366 e. The topological polar surface area (TPSA) is 103 Å². The summed E-state index contributed by atoms with van der Waals surface area (Å²) in [6.07, 6.45) is 0. The van der Waals surface area contributed by atoms with Crippen LogP contribution in [0.4, 0.5) is 5.00 Å². The van der Waals surface area contributed by atoms with Crippen molar-refractivity contribution in [1.29, 1.82) is 0 Å². The predicted molar refractivity (Wildman–Crippen MR) is 84.0 cm³/mol. The molecule has 0 aliphatic rings. The number of nitrogens with two attached hydrogens (primary N) is 1. The largest absolute Gasteiger partial charge is 0.366 e. The van der Waals surface area contributed by atoms with E-state index in [1.807, 2.05) is 6.92 Å². The van der Waals surface area contributed by atoms with Gasteiger partial charge in [0.1, 0.15) is 10.5 Å². The second-order valence-corrected chi connectivity index (χ2v) is 6.09. The number of hydrogen-bond donors (Lipinski definition) is 2. The van der Waals surface area contributed by atoms with Crippen LogP contribution >= 0.6 is 11.3 Å². The fraction of sp³-hybridized carbons (Fsp3) is 0.143. The van der Waals surface area contributed by atoms with E-state index >= 15 is 0 Å². The summed E-state index contributed by atoms with van der Waals surface area (Å²) in [5, 5.41) is 11.1. The lowest BCUT2D eigenvalue weighted by Gasteiger charge is -2.05. The van der Waals surface area contributed by atoms with Crippen molar-refractivity contribution < 1.29 is 9.59 Å². The van der Waals surface area contributed by atoms with E-state index in [1.54, 1.807) is 36.0 Å². The zero-order valence-corrected chi connectivity index (χ0v) is 12.8. The number of carbonyl (C=O) groups is 2. The number of aryl methyl sites for hydroxylation is 2. The van der Waals surface area contributed by atoms with Crippen molar-refractivity contribution >= 4 is 39.2 Å². The van der Waals surface area contributed by atoms with Gasteiger partial charge in [0, 0.05) is 17.5 Å². The van der Waals surface area contributed by atoms with E-state index in [0.29, 0.717) is 21.6 Å². The highest BCUT2D eigenvalue weighted by Gasteiger charge is 2.16. The first-order chi connectivity index (χ1) is 10.5. The molecular formula is C14H13N5O2S. The van der Waals surface area contributed by atoms with Crippen molar-refractivity contribution in [3.8, 4) is 0 Å². The molecule has 3 rings (SSSR count). The van der Waals surface area contributed by atoms with Gasteiger partial charge < -0.3 is 11.1 Å². The van der Waals surface area contributed by atoms with E-state index in [4.69, 9.17) is 5.73 Å². The summed E-state index contributed by atoms with van der Waals surface area (Å²) in [5.41, 5.74) is 7.56. The summed E-state index contributed by atoms with van der Waals surface area (Å²) in [6.45, 7) is 1.85. The maximum Gasteiger partial charge on any atom is 0.256 e. The van der Waals surface area contributed by atoms with Crippen LogP contribution in [-0.2, 0) is 7.05 Å². The van der Waals surface area contributed by atoms with E-state index in [9.17, 15) is 9.59 Å². The lowest BCUT2D eigenvalue weighted by molar-refractivity contribution is 0.100. The quantitative estimate of drug-likeness (QED) is 0.767. The van der Waals surface area contributed by atoms with Gasteiger partial charge in [-0.05, 0) is 31.2 Å². The number of anilines is 1. The number of carbonyl (C=O) groups excluding carboxylic acids is 2. The monoisotopic (exact) mass is 315 g/mol. The normalized spacial score (nSPS) is 10.8. The SMILES string of the molecule is Cc1cc(C(N)=O)c(NC(=O)c2ccc3nnn(C)c3c2)s1. The molecule has 0 radical (unpaired) electrons. The number of benzene rings is 1. The molecule has 0 saturated heterocycles. The summed E-state index contributed by atoms with van der Waals surface area (Å²) in [7, 11) is 1.75. The average molecular weight is 315 g/mol. The van der Waals surface area contributed by atoms with Crippen molar-refractivity contribution in [1.82, 2.24) is 15.0 Å². The van der Waals surface area contributed by atoms with Crippen LogP contribution in [0.15, 0.2) is 24.3 Å². The number of thiophene rings is 1. The Morgan fingerprint density at radius 1 is 1.32 bits per heavy atom. The first-order valence-corrected chi connectivity index (χ1v) is 7.28. The van der Waals surface area contributed by atoms with E-state index in [0.717, 1.165) is 10.4 Å². The fourth-order valence-electron chi connectivity index (χ4n) is 2.14. The molecule has 0 fully saturated rings. The summed E-state index contributed by atoms with van der Waals surface area (Å²) >= 11 is 1.31. The third kappa shape index (κ3) is 2.44. The second kappa shape index (κ2) is 5.23. The highest BCUT2D eigenvalue weighted by molar-refractivity contribution is 7.16. The van der Waals surface area contributed by atoms with Crippen LogP contribution in [0.5, 0.6) is 0 Å². The third-order valence-corrected chi connectivity index (χ3v) is 4.19. The molecule has 3 aromatic rings. The van der Waals surface area contributed by atoms with Gasteiger partial charge in [0.25, 0.3) is 11.8 Å². The van der Waals surface area contributed by atoms with Gasteiger partial charge in [-0.1, -0.05) is 5.21 Å². The molecule has 0 spiro atoms. The Balaban J connectivity index is 1.93. The number of rotatable bonds is 3. The number of primary amides is 1. The van der Waals surface area contributed by atoms with Crippen molar-refractivity contribution in [2.24, 2.45) is 12.8 Å². The maximum atomic E-state index is 12.4. The molecule has 0 aliphatic carbocycles. The van der Waals surface area contributed by atoms with Gasteiger partial charge in [-0.3, -0.25) is 9.59 Å². The van der Waals surface area contributed by atoms with Gasteiger partial charge in [0.15, 0.2) is 0 Å². The molecule has 0 saturated carbocycles. The van der Waals surface area contributed by atoms with Gasteiger partial charge >= 0.3 is 0 Å². The lowest BCUT2D eigenvalue weighted by Crippen LogP contribution is -2.16. The fourth-order valence-corrected chi connectivity index (χ4v) is 3.05. The van der Waals surface area contributed by atoms with Crippen LogP contribution in [0.2, 0.25) is 0 Å². The number of hydrogen-bond acceptors (Lipinski definition) is 5. The smallest absolute Gasteiger partial charge is 0.256 e. The van der Waals surface area contributed by atoms with E-state index in [2.05, 4.69) is 15.6 Å². The molecule has 2 heterocycles. The van der Waals surface area contributed by atoms with Crippen molar-refractivity contribution in [2.75, 3.05) is 5.32 Å². The average Bonchev–Trinajstić information content (AvgIpc) is 3.02. The zero-order valence-electron chi connectivity index (χ0n) is 12.0. The molecule has 1 aromatic carbocycles. The van der Waals surface area contributed by atoms with Gasteiger partial charge in [-0.2, -0.15) is 0 Å². The number of fused-ring (bicyclic) bond motifs is 1. The highest BCUT2D eigenvalue weighted by atomic mass is 32.1. The first kappa shape index (κ1) is 14.2. The zero-order chi connectivity index (χ0) is 15.9. The summed E-state index contributed by atoms with van der Waals surface area (Å²) in [4.78, 5) is 24.7.